The number of nitrogens with zero attached hydrogens (tertiary/aromatic N) is 4. The van der Waals surface area contributed by atoms with Gasteiger partial charge in [-0.1, -0.05) is 12.1 Å². The number of piperazine rings is 1. The van der Waals surface area contributed by atoms with Crippen molar-refractivity contribution in [2.24, 2.45) is 7.05 Å². The first-order chi connectivity index (χ1) is 15.4. The summed E-state index contributed by atoms with van der Waals surface area (Å²) in [6.07, 6.45) is 2.58. The number of hydrogen-bond donors (Lipinski definition) is 0. The molecule has 3 heterocycles. The van der Waals surface area contributed by atoms with E-state index in [0.717, 1.165) is 11.3 Å². The number of methoxy groups -OCH3 is 1. The van der Waals surface area contributed by atoms with Crippen LogP contribution in [0.4, 0.5) is 0 Å². The van der Waals surface area contributed by atoms with E-state index in [-0.39, 0.29) is 17.4 Å². The SMILES string of the molecule is COc1ccc(CCC(=O)N2CCN(C(=O)c3sc4ncn(C)c(=O)c4c3C)CC2)cc1. The summed E-state index contributed by atoms with van der Waals surface area (Å²) < 4.78 is 6.58. The van der Waals surface area contributed by atoms with Crippen LogP contribution in [0.25, 0.3) is 10.2 Å². The highest BCUT2D eigenvalue weighted by atomic mass is 32.1. The van der Waals surface area contributed by atoms with Gasteiger partial charge in [0.25, 0.3) is 11.5 Å². The number of thiophene rings is 1. The van der Waals surface area contributed by atoms with Crippen LogP contribution in [0.1, 0.15) is 27.2 Å². The quantitative estimate of drug-likeness (QED) is 0.590. The third-order valence-corrected chi connectivity index (χ3v) is 7.10. The van der Waals surface area contributed by atoms with E-state index >= 15 is 0 Å². The van der Waals surface area contributed by atoms with E-state index in [9.17, 15) is 14.4 Å². The standard InChI is InChI=1S/C23H26N4O4S/c1-15-19-21(24-14-25(2)22(19)29)32-20(15)23(30)27-12-10-26(11-13-27)18(28)9-6-16-4-7-17(31-3)8-5-16/h4-5,7-8,14H,6,9-13H2,1-3H3. The summed E-state index contributed by atoms with van der Waals surface area (Å²) in [6, 6.07) is 7.73. The molecule has 168 valence electrons. The van der Waals surface area contributed by atoms with Gasteiger partial charge in [-0.15, -0.1) is 11.3 Å². The van der Waals surface area contributed by atoms with E-state index in [4.69, 9.17) is 4.74 Å². The zero-order chi connectivity index (χ0) is 22.8. The van der Waals surface area contributed by atoms with Gasteiger partial charge < -0.3 is 19.1 Å². The van der Waals surface area contributed by atoms with Crippen molar-refractivity contribution in [1.82, 2.24) is 19.4 Å². The number of amides is 2. The highest BCUT2D eigenvalue weighted by molar-refractivity contribution is 7.20. The fourth-order valence-electron chi connectivity index (χ4n) is 3.92. The van der Waals surface area contributed by atoms with E-state index in [1.165, 1.54) is 22.2 Å². The molecule has 0 aliphatic carbocycles. The molecule has 4 rings (SSSR count). The molecule has 0 unspecified atom stereocenters. The number of benzene rings is 1. The Hall–Kier alpha value is -3.20. The van der Waals surface area contributed by atoms with Crippen molar-refractivity contribution in [2.75, 3.05) is 33.3 Å². The number of aryl methyl sites for hydroxylation is 3. The van der Waals surface area contributed by atoms with E-state index in [1.807, 2.05) is 29.2 Å². The molecule has 8 nitrogen and oxygen atoms in total. The first-order valence-electron chi connectivity index (χ1n) is 10.5. The maximum atomic E-state index is 13.1. The molecule has 1 fully saturated rings. The maximum Gasteiger partial charge on any atom is 0.264 e. The average Bonchev–Trinajstić information content (AvgIpc) is 3.16. The van der Waals surface area contributed by atoms with Crippen LogP contribution in [0.15, 0.2) is 35.4 Å². The molecule has 1 aliphatic heterocycles. The Morgan fingerprint density at radius 2 is 1.75 bits per heavy atom. The van der Waals surface area contributed by atoms with E-state index in [2.05, 4.69) is 4.98 Å². The van der Waals surface area contributed by atoms with Gasteiger partial charge in [-0.2, -0.15) is 0 Å². The summed E-state index contributed by atoms with van der Waals surface area (Å²) >= 11 is 1.26. The minimum absolute atomic E-state index is 0.0960. The predicted molar refractivity (Wildman–Crippen MR) is 123 cm³/mol. The minimum Gasteiger partial charge on any atom is -0.497 e. The lowest BCUT2D eigenvalue weighted by Crippen LogP contribution is -2.50. The summed E-state index contributed by atoms with van der Waals surface area (Å²) in [5.74, 6) is 0.794. The van der Waals surface area contributed by atoms with Crippen molar-refractivity contribution < 1.29 is 14.3 Å². The number of carbonyl (C=O) groups is 2. The number of ether oxygens (including phenoxy) is 1. The lowest BCUT2D eigenvalue weighted by molar-refractivity contribution is -0.132. The molecule has 0 radical (unpaired) electrons. The topological polar surface area (TPSA) is 84.7 Å². The molecule has 0 saturated carbocycles. The van der Waals surface area contributed by atoms with Crippen molar-refractivity contribution in [3.63, 3.8) is 0 Å². The van der Waals surface area contributed by atoms with Crippen molar-refractivity contribution >= 4 is 33.4 Å². The van der Waals surface area contributed by atoms with Gasteiger partial charge in [0.1, 0.15) is 10.6 Å². The third-order valence-electron chi connectivity index (χ3n) is 5.91. The average molecular weight is 455 g/mol. The minimum atomic E-state index is -0.143. The molecule has 9 heteroatoms. The van der Waals surface area contributed by atoms with Gasteiger partial charge in [0.15, 0.2) is 0 Å². The van der Waals surface area contributed by atoms with Crippen LogP contribution in [-0.2, 0) is 18.3 Å². The zero-order valence-electron chi connectivity index (χ0n) is 18.5. The van der Waals surface area contributed by atoms with E-state index < -0.39 is 0 Å². The highest BCUT2D eigenvalue weighted by Crippen LogP contribution is 2.28. The molecular formula is C23H26N4O4S. The summed E-state index contributed by atoms with van der Waals surface area (Å²) in [6.45, 7) is 3.78. The molecule has 2 aromatic heterocycles. The van der Waals surface area contributed by atoms with E-state index in [1.54, 1.807) is 26.0 Å². The number of hydrogen-bond acceptors (Lipinski definition) is 6. The summed E-state index contributed by atoms with van der Waals surface area (Å²) in [4.78, 5) is 47.2. The number of rotatable bonds is 5. The molecule has 32 heavy (non-hydrogen) atoms. The molecule has 0 atom stereocenters. The second kappa shape index (κ2) is 9.12. The van der Waals surface area contributed by atoms with Crippen molar-refractivity contribution in [1.29, 1.82) is 0 Å². The van der Waals surface area contributed by atoms with Crippen LogP contribution >= 0.6 is 11.3 Å². The molecule has 1 saturated heterocycles. The highest BCUT2D eigenvalue weighted by Gasteiger charge is 2.28. The molecule has 0 bridgehead atoms. The second-order valence-electron chi connectivity index (χ2n) is 7.92. The molecule has 2 amide bonds. The van der Waals surface area contributed by atoms with Crippen molar-refractivity contribution in [3.8, 4) is 5.75 Å². The largest absolute Gasteiger partial charge is 0.497 e. The Bertz CT molecular complexity index is 1210. The molecule has 0 spiro atoms. The summed E-state index contributed by atoms with van der Waals surface area (Å²) in [5.41, 5.74) is 1.63. The number of carbonyl (C=O) groups excluding carboxylic acids is 2. The smallest absolute Gasteiger partial charge is 0.264 e. The third kappa shape index (κ3) is 4.25. The predicted octanol–water partition coefficient (Wildman–Crippen LogP) is 2.23. The second-order valence-corrected chi connectivity index (χ2v) is 8.92. The van der Waals surface area contributed by atoms with Crippen LogP contribution < -0.4 is 10.3 Å². The summed E-state index contributed by atoms with van der Waals surface area (Å²) in [7, 11) is 3.28. The Kier molecular flexibility index (Phi) is 6.27. The van der Waals surface area contributed by atoms with Gasteiger partial charge in [-0.3, -0.25) is 14.4 Å². The van der Waals surface area contributed by atoms with Crippen LogP contribution in [0.5, 0.6) is 5.75 Å². The number of fused-ring (bicyclic) bond motifs is 1. The molecule has 1 aromatic carbocycles. The molecule has 1 aliphatic rings. The van der Waals surface area contributed by atoms with E-state index in [0.29, 0.717) is 59.7 Å². The van der Waals surface area contributed by atoms with Crippen molar-refractivity contribution in [2.45, 2.75) is 19.8 Å². The molecular weight excluding hydrogens is 428 g/mol. The number of aromatic nitrogens is 2. The van der Waals surface area contributed by atoms with Gasteiger partial charge in [-0.25, -0.2) is 4.98 Å². The molecule has 3 aromatic rings. The van der Waals surface area contributed by atoms with Gasteiger partial charge >= 0.3 is 0 Å². The Morgan fingerprint density at radius 3 is 2.41 bits per heavy atom. The lowest BCUT2D eigenvalue weighted by Gasteiger charge is -2.34. The lowest BCUT2D eigenvalue weighted by atomic mass is 10.1. The van der Waals surface area contributed by atoms with Gasteiger partial charge in [-0.05, 0) is 36.6 Å². The fourth-order valence-corrected chi connectivity index (χ4v) is 5.02. The van der Waals surface area contributed by atoms with Crippen LogP contribution in [0, 0.1) is 6.92 Å². The summed E-state index contributed by atoms with van der Waals surface area (Å²) in [5, 5.41) is 0.510. The Labute approximate surface area is 190 Å². The Balaban J connectivity index is 1.36. The van der Waals surface area contributed by atoms with Crippen LogP contribution in [0.2, 0.25) is 0 Å². The first kappa shape index (κ1) is 22.0. The van der Waals surface area contributed by atoms with Crippen molar-refractivity contribution in [3.05, 3.63) is 57.0 Å². The van der Waals surface area contributed by atoms with Crippen LogP contribution in [-0.4, -0.2) is 64.5 Å². The Morgan fingerprint density at radius 1 is 1.09 bits per heavy atom. The zero-order valence-corrected chi connectivity index (χ0v) is 19.3. The maximum absolute atomic E-state index is 13.1. The van der Waals surface area contributed by atoms with Crippen LogP contribution in [0.3, 0.4) is 0 Å². The monoisotopic (exact) mass is 454 g/mol. The molecule has 0 N–H and O–H groups in total. The first-order valence-corrected chi connectivity index (χ1v) is 11.4. The van der Waals surface area contributed by atoms with Gasteiger partial charge in [0.05, 0.1) is 23.7 Å². The normalized spacial score (nSPS) is 14.1. The fraction of sp³-hybridized carbons (Fsp3) is 0.391. The van der Waals surface area contributed by atoms with Gasteiger partial charge in [0.2, 0.25) is 5.91 Å². The van der Waals surface area contributed by atoms with Gasteiger partial charge in [0, 0.05) is 39.6 Å².